The van der Waals surface area contributed by atoms with Gasteiger partial charge in [-0.25, -0.2) is 4.39 Å². The molecule has 5 rings (SSSR count). The molecule has 0 atom stereocenters. The Morgan fingerprint density at radius 3 is 2.22 bits per heavy atom. The number of carbonyl (C=O) groups excluding carboxylic acids is 1. The minimum absolute atomic E-state index is 0.0951. The first-order valence-corrected chi connectivity index (χ1v) is 12.8. The number of amides is 1. The zero-order valence-corrected chi connectivity index (χ0v) is 20.9. The lowest BCUT2D eigenvalue weighted by Crippen LogP contribution is -2.28. The third kappa shape index (κ3) is 6.16. The molecule has 0 spiro atoms. The zero-order chi connectivity index (χ0) is 25.5. The van der Waals surface area contributed by atoms with Crippen molar-refractivity contribution >= 4 is 28.9 Å². The summed E-state index contributed by atoms with van der Waals surface area (Å²) >= 11 is 1.36. The number of para-hydroxylation sites is 1. The second-order valence-electron chi connectivity index (χ2n) is 8.49. The summed E-state index contributed by atoms with van der Waals surface area (Å²) in [5, 5.41) is 0.661. The maximum Gasteiger partial charge on any atom is 0.267 e. The van der Waals surface area contributed by atoms with Crippen molar-refractivity contribution < 1.29 is 13.9 Å². The normalized spacial score (nSPS) is 15.5. The van der Waals surface area contributed by atoms with Crippen molar-refractivity contribution in [3.63, 3.8) is 0 Å². The van der Waals surface area contributed by atoms with Crippen LogP contribution in [0.5, 0.6) is 5.75 Å². The summed E-state index contributed by atoms with van der Waals surface area (Å²) in [4.78, 5) is 20.6. The van der Waals surface area contributed by atoms with Crippen molar-refractivity contribution in [2.75, 3.05) is 0 Å². The van der Waals surface area contributed by atoms with Crippen molar-refractivity contribution in [2.45, 2.75) is 19.7 Å². The fourth-order valence-electron chi connectivity index (χ4n) is 3.92. The lowest BCUT2D eigenvalue weighted by atomic mass is 10.1. The highest BCUT2D eigenvalue weighted by Gasteiger charge is 2.33. The summed E-state index contributed by atoms with van der Waals surface area (Å²) in [6.45, 7) is 1.01. The highest BCUT2D eigenvalue weighted by atomic mass is 32.2. The van der Waals surface area contributed by atoms with E-state index in [-0.39, 0.29) is 18.3 Å². The fraction of sp³-hybridized carbons (Fsp3) is 0.0968. The van der Waals surface area contributed by atoms with Crippen molar-refractivity contribution in [1.29, 1.82) is 0 Å². The SMILES string of the molecule is O=C1/C(=C\c2ccccc2OCc2ccccc2F)SC(=NCc2ccccc2)N1Cc1ccccc1. The highest BCUT2D eigenvalue weighted by Crippen LogP contribution is 2.35. The van der Waals surface area contributed by atoms with Gasteiger partial charge in [-0.2, -0.15) is 0 Å². The summed E-state index contributed by atoms with van der Waals surface area (Å²) < 4.78 is 20.0. The first-order chi connectivity index (χ1) is 18.2. The summed E-state index contributed by atoms with van der Waals surface area (Å²) in [6.07, 6.45) is 1.83. The molecule has 0 saturated carbocycles. The van der Waals surface area contributed by atoms with Gasteiger partial charge < -0.3 is 4.74 Å². The van der Waals surface area contributed by atoms with Crippen molar-refractivity contribution in [3.05, 3.63) is 142 Å². The zero-order valence-electron chi connectivity index (χ0n) is 20.1. The maximum absolute atomic E-state index is 14.1. The molecule has 1 heterocycles. The molecule has 0 unspecified atom stereocenters. The number of ether oxygens (including phenoxy) is 1. The van der Waals surface area contributed by atoms with E-state index in [9.17, 15) is 9.18 Å². The topological polar surface area (TPSA) is 41.9 Å². The number of thioether (sulfide) groups is 1. The Balaban J connectivity index is 1.41. The number of carbonyl (C=O) groups is 1. The standard InChI is InChI=1S/C31H25FN2O2S/c32-27-17-9-7-16-26(27)22-36-28-18-10-8-15-25(28)19-29-30(35)34(21-24-13-5-2-6-14-24)31(37-29)33-20-23-11-3-1-4-12-23/h1-19H,20-22H2/b29-19+,33-31?. The largest absolute Gasteiger partial charge is 0.488 e. The smallest absolute Gasteiger partial charge is 0.267 e. The van der Waals surface area contributed by atoms with Gasteiger partial charge in [0.15, 0.2) is 5.17 Å². The van der Waals surface area contributed by atoms with E-state index in [2.05, 4.69) is 0 Å². The van der Waals surface area contributed by atoms with Crippen LogP contribution in [0, 0.1) is 5.82 Å². The van der Waals surface area contributed by atoms with Gasteiger partial charge in [-0.15, -0.1) is 0 Å². The first-order valence-electron chi connectivity index (χ1n) is 12.0. The molecule has 4 aromatic carbocycles. The van der Waals surface area contributed by atoms with Crippen LogP contribution in [0.1, 0.15) is 22.3 Å². The van der Waals surface area contributed by atoms with Crippen LogP contribution in [0.25, 0.3) is 6.08 Å². The van der Waals surface area contributed by atoms with Gasteiger partial charge in [0.05, 0.1) is 18.0 Å². The van der Waals surface area contributed by atoms with E-state index in [1.807, 2.05) is 91.0 Å². The van der Waals surface area contributed by atoms with Gasteiger partial charge in [0.2, 0.25) is 0 Å². The van der Waals surface area contributed by atoms with E-state index in [0.717, 1.165) is 16.7 Å². The molecular formula is C31H25FN2O2S. The third-order valence-corrected chi connectivity index (χ3v) is 6.90. The lowest BCUT2D eigenvalue weighted by molar-refractivity contribution is -0.122. The van der Waals surface area contributed by atoms with E-state index in [1.165, 1.54) is 17.8 Å². The van der Waals surface area contributed by atoms with Gasteiger partial charge in [-0.05, 0) is 41.1 Å². The van der Waals surface area contributed by atoms with Gasteiger partial charge in [0.25, 0.3) is 5.91 Å². The Labute approximate surface area is 220 Å². The van der Waals surface area contributed by atoms with Gasteiger partial charge in [0, 0.05) is 11.1 Å². The highest BCUT2D eigenvalue weighted by molar-refractivity contribution is 8.18. The molecule has 184 valence electrons. The van der Waals surface area contributed by atoms with Crippen LogP contribution < -0.4 is 4.74 Å². The third-order valence-electron chi connectivity index (χ3n) is 5.86. The van der Waals surface area contributed by atoms with E-state index >= 15 is 0 Å². The molecule has 0 aliphatic carbocycles. The molecule has 1 amide bonds. The summed E-state index contributed by atoms with van der Waals surface area (Å²) in [6, 6.07) is 33.9. The van der Waals surface area contributed by atoms with Crippen LogP contribution in [0.15, 0.2) is 119 Å². The molecule has 1 fully saturated rings. The Morgan fingerprint density at radius 2 is 1.46 bits per heavy atom. The quantitative estimate of drug-likeness (QED) is 0.239. The molecule has 1 saturated heterocycles. The molecule has 0 bridgehead atoms. The summed E-state index contributed by atoms with van der Waals surface area (Å²) in [7, 11) is 0. The first kappa shape index (κ1) is 24.5. The average molecular weight is 509 g/mol. The Hall–Kier alpha value is -4.16. The number of hydrogen-bond donors (Lipinski definition) is 0. The van der Waals surface area contributed by atoms with Crippen LogP contribution >= 0.6 is 11.8 Å². The van der Waals surface area contributed by atoms with Gasteiger partial charge in [0.1, 0.15) is 18.2 Å². The minimum Gasteiger partial charge on any atom is -0.488 e. The molecule has 4 aromatic rings. The van der Waals surface area contributed by atoms with Crippen LogP contribution in [-0.4, -0.2) is 16.0 Å². The number of halogens is 1. The van der Waals surface area contributed by atoms with Crippen LogP contribution in [0.3, 0.4) is 0 Å². The van der Waals surface area contributed by atoms with Crippen LogP contribution in [0.2, 0.25) is 0 Å². The van der Waals surface area contributed by atoms with Crippen molar-refractivity contribution in [1.82, 2.24) is 4.90 Å². The van der Waals surface area contributed by atoms with E-state index in [4.69, 9.17) is 9.73 Å². The molecule has 0 N–H and O–H groups in total. The molecule has 1 aliphatic heterocycles. The minimum atomic E-state index is -0.310. The fourth-order valence-corrected chi connectivity index (χ4v) is 4.88. The summed E-state index contributed by atoms with van der Waals surface area (Å²) in [5.41, 5.74) is 3.32. The van der Waals surface area contributed by atoms with Gasteiger partial charge in [-0.1, -0.05) is 97.1 Å². The molecule has 0 radical (unpaired) electrons. The number of amidine groups is 1. The van der Waals surface area contributed by atoms with Crippen LogP contribution in [0.4, 0.5) is 4.39 Å². The van der Waals surface area contributed by atoms with Crippen LogP contribution in [-0.2, 0) is 24.5 Å². The van der Waals surface area contributed by atoms with Gasteiger partial charge >= 0.3 is 0 Å². The number of hydrogen-bond acceptors (Lipinski definition) is 4. The predicted octanol–water partition coefficient (Wildman–Crippen LogP) is 7.08. The molecule has 6 heteroatoms. The van der Waals surface area contributed by atoms with Crippen molar-refractivity contribution in [2.24, 2.45) is 4.99 Å². The predicted molar refractivity (Wildman–Crippen MR) is 147 cm³/mol. The van der Waals surface area contributed by atoms with E-state index in [0.29, 0.717) is 34.5 Å². The monoisotopic (exact) mass is 508 g/mol. The number of benzene rings is 4. The molecule has 0 aromatic heterocycles. The Morgan fingerprint density at radius 1 is 0.811 bits per heavy atom. The Bertz CT molecular complexity index is 1440. The number of nitrogens with zero attached hydrogens (tertiary/aromatic N) is 2. The van der Waals surface area contributed by atoms with E-state index in [1.54, 1.807) is 23.1 Å². The van der Waals surface area contributed by atoms with Crippen molar-refractivity contribution in [3.8, 4) is 5.75 Å². The number of rotatable bonds is 8. The second-order valence-corrected chi connectivity index (χ2v) is 9.50. The second kappa shape index (κ2) is 11.7. The molecular weight excluding hydrogens is 483 g/mol. The lowest BCUT2D eigenvalue weighted by Gasteiger charge is -2.15. The Kier molecular flexibility index (Phi) is 7.77. The van der Waals surface area contributed by atoms with E-state index < -0.39 is 0 Å². The number of aliphatic imine (C=N–C) groups is 1. The maximum atomic E-state index is 14.1. The average Bonchev–Trinajstić information content (AvgIpc) is 3.22. The molecule has 37 heavy (non-hydrogen) atoms. The molecule has 1 aliphatic rings. The molecule has 4 nitrogen and oxygen atoms in total. The summed E-state index contributed by atoms with van der Waals surface area (Å²) in [5.74, 6) is 0.163. The van der Waals surface area contributed by atoms with Gasteiger partial charge in [-0.3, -0.25) is 14.7 Å².